The molecule has 1 aromatic carbocycles. The molecule has 0 aliphatic heterocycles. The number of rotatable bonds is 3. The Balaban J connectivity index is 3.40. The maximum absolute atomic E-state index is 12.6. The lowest BCUT2D eigenvalue weighted by atomic mass is 10.2. The van der Waals surface area contributed by atoms with Gasteiger partial charge in [-0.25, -0.2) is 0 Å². The molecule has 96 valence electrons. The van der Waals surface area contributed by atoms with E-state index < -0.39 is 32.5 Å². The van der Waals surface area contributed by atoms with E-state index in [4.69, 9.17) is 9.29 Å². The second-order valence-corrected chi connectivity index (χ2v) is 4.49. The summed E-state index contributed by atoms with van der Waals surface area (Å²) in [6.07, 6.45) is -4.76. The maximum atomic E-state index is 12.6. The van der Waals surface area contributed by atoms with Crippen molar-refractivity contribution in [2.45, 2.75) is 18.0 Å². The summed E-state index contributed by atoms with van der Waals surface area (Å²) in [5.74, 6) is -0.479. The monoisotopic (exact) mass is 270 g/mol. The Morgan fingerprint density at radius 1 is 1.35 bits per heavy atom. The van der Waals surface area contributed by atoms with E-state index in [9.17, 15) is 21.6 Å². The van der Waals surface area contributed by atoms with Crippen molar-refractivity contribution >= 4 is 10.1 Å². The first kappa shape index (κ1) is 13.8. The van der Waals surface area contributed by atoms with Crippen molar-refractivity contribution in [1.29, 1.82) is 0 Å². The highest BCUT2D eigenvalue weighted by Crippen LogP contribution is 2.37. The van der Waals surface area contributed by atoms with Crippen LogP contribution in [-0.4, -0.2) is 19.6 Å². The maximum Gasteiger partial charge on any atom is 0.420 e. The van der Waals surface area contributed by atoms with Crippen LogP contribution in [0.25, 0.3) is 0 Å². The standard InChI is InChI=1S/C9H9F3O4S/c1-2-16-8-4-3-6(17(13,14)15)5-7(8)9(10,11)12/h3-5H,2H2,1H3,(H,13,14,15). The van der Waals surface area contributed by atoms with Crippen molar-refractivity contribution in [2.75, 3.05) is 6.61 Å². The highest BCUT2D eigenvalue weighted by Gasteiger charge is 2.35. The molecule has 1 N–H and O–H groups in total. The fraction of sp³-hybridized carbons (Fsp3) is 0.333. The molecule has 0 unspecified atom stereocenters. The zero-order chi connectivity index (χ0) is 13.3. The van der Waals surface area contributed by atoms with Crippen LogP contribution in [0.5, 0.6) is 5.75 Å². The van der Waals surface area contributed by atoms with Crippen LogP contribution < -0.4 is 4.74 Å². The smallest absolute Gasteiger partial charge is 0.420 e. The molecule has 0 saturated heterocycles. The van der Waals surface area contributed by atoms with E-state index in [0.29, 0.717) is 6.07 Å². The summed E-state index contributed by atoms with van der Waals surface area (Å²) in [6, 6.07) is 2.03. The van der Waals surface area contributed by atoms with E-state index >= 15 is 0 Å². The average Bonchev–Trinajstić information content (AvgIpc) is 2.15. The molecule has 0 atom stereocenters. The van der Waals surface area contributed by atoms with Crippen LogP contribution in [0, 0.1) is 0 Å². The third-order valence-corrected chi connectivity index (χ3v) is 2.70. The lowest BCUT2D eigenvalue weighted by Crippen LogP contribution is -2.10. The summed E-state index contributed by atoms with van der Waals surface area (Å²) in [5.41, 5.74) is -1.24. The molecule has 8 heteroatoms. The Bertz CT molecular complexity index is 507. The summed E-state index contributed by atoms with van der Waals surface area (Å²) >= 11 is 0. The van der Waals surface area contributed by atoms with Crippen LogP contribution in [0.2, 0.25) is 0 Å². The van der Waals surface area contributed by atoms with Gasteiger partial charge in [0.1, 0.15) is 5.75 Å². The molecule has 0 heterocycles. The molecule has 4 nitrogen and oxygen atoms in total. The zero-order valence-corrected chi connectivity index (χ0v) is 9.47. The average molecular weight is 270 g/mol. The molecule has 0 aliphatic rings. The van der Waals surface area contributed by atoms with Gasteiger partial charge in [-0.05, 0) is 25.1 Å². The normalized spacial score (nSPS) is 12.5. The second-order valence-electron chi connectivity index (χ2n) is 3.06. The highest BCUT2D eigenvalue weighted by molar-refractivity contribution is 7.85. The quantitative estimate of drug-likeness (QED) is 0.856. The second kappa shape index (κ2) is 4.53. The van der Waals surface area contributed by atoms with Crippen LogP contribution in [0.15, 0.2) is 23.1 Å². The summed E-state index contributed by atoms with van der Waals surface area (Å²) < 4.78 is 72.6. The number of hydrogen-bond acceptors (Lipinski definition) is 3. The molecule has 0 saturated carbocycles. The van der Waals surface area contributed by atoms with E-state index in [1.807, 2.05) is 0 Å². The van der Waals surface area contributed by atoms with Gasteiger partial charge in [0.25, 0.3) is 10.1 Å². The molecule has 1 rings (SSSR count). The van der Waals surface area contributed by atoms with Gasteiger partial charge in [0.2, 0.25) is 0 Å². The lowest BCUT2D eigenvalue weighted by molar-refractivity contribution is -0.139. The van der Waals surface area contributed by atoms with Gasteiger partial charge in [0, 0.05) is 0 Å². The molecule has 17 heavy (non-hydrogen) atoms. The van der Waals surface area contributed by atoms with E-state index in [2.05, 4.69) is 0 Å². The summed E-state index contributed by atoms with van der Waals surface area (Å²) in [5, 5.41) is 0. The predicted molar refractivity (Wildman–Crippen MR) is 52.4 cm³/mol. The molecule has 0 amide bonds. The first-order valence-electron chi connectivity index (χ1n) is 4.47. The number of alkyl halides is 3. The van der Waals surface area contributed by atoms with E-state index in [-0.39, 0.29) is 6.61 Å². The predicted octanol–water partition coefficient (Wildman–Crippen LogP) is 2.35. The van der Waals surface area contributed by atoms with Gasteiger partial charge in [-0.1, -0.05) is 0 Å². The fourth-order valence-electron chi connectivity index (χ4n) is 1.17. The third kappa shape index (κ3) is 3.34. The molecule has 1 aromatic rings. The van der Waals surface area contributed by atoms with Gasteiger partial charge in [-0.2, -0.15) is 21.6 Å². The van der Waals surface area contributed by atoms with Crippen LogP contribution in [0.3, 0.4) is 0 Å². The van der Waals surface area contributed by atoms with Crippen molar-refractivity contribution in [3.63, 3.8) is 0 Å². The lowest BCUT2D eigenvalue weighted by Gasteiger charge is -2.13. The fourth-order valence-corrected chi connectivity index (χ4v) is 1.68. The zero-order valence-electron chi connectivity index (χ0n) is 8.65. The number of benzene rings is 1. The van der Waals surface area contributed by atoms with E-state index in [1.54, 1.807) is 0 Å². The van der Waals surface area contributed by atoms with Gasteiger partial charge >= 0.3 is 6.18 Å². The number of ether oxygens (including phenoxy) is 1. The SMILES string of the molecule is CCOc1ccc(S(=O)(=O)O)cc1C(F)(F)F. The first-order chi connectivity index (χ1) is 7.66. The van der Waals surface area contributed by atoms with Gasteiger partial charge < -0.3 is 4.74 Å². The Labute approximate surface area is 95.8 Å². The van der Waals surface area contributed by atoms with Gasteiger partial charge in [-0.3, -0.25) is 4.55 Å². The molecule has 0 spiro atoms. The molecular formula is C9H9F3O4S. The molecule has 0 radical (unpaired) electrons. The summed E-state index contributed by atoms with van der Waals surface area (Å²) in [4.78, 5) is -0.826. The van der Waals surface area contributed by atoms with Crippen molar-refractivity contribution in [2.24, 2.45) is 0 Å². The topological polar surface area (TPSA) is 63.6 Å². The van der Waals surface area contributed by atoms with Crippen molar-refractivity contribution in [1.82, 2.24) is 0 Å². The molecule has 0 bridgehead atoms. The van der Waals surface area contributed by atoms with Crippen LogP contribution >= 0.6 is 0 Å². The first-order valence-corrected chi connectivity index (χ1v) is 5.91. The Hall–Kier alpha value is -1.28. The van der Waals surface area contributed by atoms with Crippen LogP contribution in [0.4, 0.5) is 13.2 Å². The van der Waals surface area contributed by atoms with E-state index in [1.165, 1.54) is 6.92 Å². The van der Waals surface area contributed by atoms with Gasteiger partial charge in [0.05, 0.1) is 17.1 Å². The minimum absolute atomic E-state index is 0.00824. The third-order valence-electron chi connectivity index (χ3n) is 1.85. The van der Waals surface area contributed by atoms with Crippen molar-refractivity contribution < 1.29 is 30.9 Å². The number of hydrogen-bond donors (Lipinski definition) is 1. The largest absolute Gasteiger partial charge is 0.493 e. The van der Waals surface area contributed by atoms with Crippen LogP contribution in [-0.2, 0) is 16.3 Å². The van der Waals surface area contributed by atoms with Crippen molar-refractivity contribution in [3.05, 3.63) is 23.8 Å². The summed E-state index contributed by atoms with van der Waals surface area (Å²) in [6.45, 7) is 1.51. The Kier molecular flexibility index (Phi) is 3.68. The molecular weight excluding hydrogens is 261 g/mol. The van der Waals surface area contributed by atoms with Gasteiger partial charge in [0.15, 0.2) is 0 Å². The molecule has 0 aromatic heterocycles. The summed E-state index contributed by atoms with van der Waals surface area (Å²) in [7, 11) is -4.67. The minimum atomic E-state index is -4.76. The molecule has 0 aliphatic carbocycles. The van der Waals surface area contributed by atoms with E-state index in [0.717, 1.165) is 12.1 Å². The van der Waals surface area contributed by atoms with Gasteiger partial charge in [-0.15, -0.1) is 0 Å². The van der Waals surface area contributed by atoms with Crippen molar-refractivity contribution in [3.8, 4) is 5.75 Å². The minimum Gasteiger partial charge on any atom is -0.493 e. The number of halogens is 3. The Morgan fingerprint density at radius 3 is 2.35 bits per heavy atom. The molecule has 0 fully saturated rings. The van der Waals surface area contributed by atoms with Crippen LogP contribution in [0.1, 0.15) is 12.5 Å². The highest BCUT2D eigenvalue weighted by atomic mass is 32.2. The Morgan fingerprint density at radius 2 is 1.94 bits per heavy atom.